The Morgan fingerprint density at radius 2 is 2.08 bits per heavy atom. The highest BCUT2D eigenvalue weighted by atomic mass is 16.5. The number of benzene rings is 1. The van der Waals surface area contributed by atoms with Gasteiger partial charge in [-0.3, -0.25) is 4.98 Å². The number of nitrogens with zero attached hydrogens (tertiary/aromatic N) is 6. The maximum absolute atomic E-state index is 9.26. The summed E-state index contributed by atoms with van der Waals surface area (Å²) >= 11 is 0. The third-order valence-electron chi connectivity index (χ3n) is 3.42. The van der Waals surface area contributed by atoms with E-state index in [-0.39, 0.29) is 0 Å². The fourth-order valence-corrected chi connectivity index (χ4v) is 2.30. The van der Waals surface area contributed by atoms with Gasteiger partial charge in [0.15, 0.2) is 0 Å². The summed E-state index contributed by atoms with van der Waals surface area (Å²) in [6.45, 7) is 0. The van der Waals surface area contributed by atoms with Crippen molar-refractivity contribution in [3.8, 4) is 34.7 Å². The molecular formula is C17H10N6O. The van der Waals surface area contributed by atoms with Crippen LogP contribution in [0.5, 0.6) is 0 Å². The highest BCUT2D eigenvalue weighted by molar-refractivity contribution is 5.63. The molecule has 0 spiro atoms. The van der Waals surface area contributed by atoms with Gasteiger partial charge in [0.25, 0.3) is 5.89 Å². The highest BCUT2D eigenvalue weighted by Crippen LogP contribution is 2.24. The van der Waals surface area contributed by atoms with Crippen molar-refractivity contribution < 1.29 is 4.52 Å². The lowest BCUT2D eigenvalue weighted by molar-refractivity contribution is 0.432. The number of imidazole rings is 1. The molecule has 0 radical (unpaired) electrons. The smallest absolute Gasteiger partial charge is 0.258 e. The van der Waals surface area contributed by atoms with Gasteiger partial charge in [-0.25, -0.2) is 4.98 Å². The summed E-state index contributed by atoms with van der Waals surface area (Å²) in [6, 6.07) is 12.9. The second-order valence-electron chi connectivity index (χ2n) is 4.99. The first-order valence-electron chi connectivity index (χ1n) is 7.12. The molecule has 0 aliphatic heterocycles. The SMILES string of the molecule is N#Cc1cc(-c2nc(-c3ccccn3)no2)cc(-n2ccnc2)c1. The zero-order chi connectivity index (χ0) is 16.4. The highest BCUT2D eigenvalue weighted by Gasteiger charge is 2.13. The molecule has 7 heteroatoms. The molecule has 3 heterocycles. The van der Waals surface area contributed by atoms with Crippen LogP contribution in [0.25, 0.3) is 28.7 Å². The lowest BCUT2D eigenvalue weighted by atomic mass is 10.1. The van der Waals surface area contributed by atoms with Crippen LogP contribution in [-0.4, -0.2) is 24.7 Å². The van der Waals surface area contributed by atoms with Crippen molar-refractivity contribution in [3.05, 3.63) is 66.9 Å². The molecule has 0 aliphatic rings. The van der Waals surface area contributed by atoms with E-state index in [1.807, 2.05) is 18.2 Å². The molecule has 0 fully saturated rings. The molecule has 0 atom stereocenters. The standard InChI is InChI=1S/C17H10N6O/c18-10-12-7-13(9-14(8-12)23-6-5-19-11-23)17-21-16(22-24-17)15-3-1-2-4-20-15/h1-9,11H. The average molecular weight is 314 g/mol. The normalized spacial score (nSPS) is 10.5. The Bertz CT molecular complexity index is 1010. The van der Waals surface area contributed by atoms with E-state index in [0.717, 1.165) is 5.69 Å². The van der Waals surface area contributed by atoms with Crippen LogP contribution >= 0.6 is 0 Å². The summed E-state index contributed by atoms with van der Waals surface area (Å²) < 4.78 is 7.15. The van der Waals surface area contributed by atoms with E-state index in [1.54, 1.807) is 47.7 Å². The molecule has 0 unspecified atom stereocenters. The van der Waals surface area contributed by atoms with Gasteiger partial charge in [0.2, 0.25) is 5.82 Å². The van der Waals surface area contributed by atoms with Crippen molar-refractivity contribution in [1.29, 1.82) is 5.26 Å². The zero-order valence-electron chi connectivity index (χ0n) is 12.4. The van der Waals surface area contributed by atoms with Crippen LogP contribution in [-0.2, 0) is 0 Å². The van der Waals surface area contributed by atoms with E-state index in [0.29, 0.717) is 28.5 Å². The van der Waals surface area contributed by atoms with Gasteiger partial charge in [-0.15, -0.1) is 0 Å². The van der Waals surface area contributed by atoms with Crippen LogP contribution in [0.3, 0.4) is 0 Å². The molecule has 114 valence electrons. The first-order valence-corrected chi connectivity index (χ1v) is 7.12. The topological polar surface area (TPSA) is 93.4 Å². The molecule has 0 aliphatic carbocycles. The van der Waals surface area contributed by atoms with Crippen molar-refractivity contribution in [2.75, 3.05) is 0 Å². The van der Waals surface area contributed by atoms with Crippen molar-refractivity contribution >= 4 is 0 Å². The van der Waals surface area contributed by atoms with Crippen molar-refractivity contribution in [2.24, 2.45) is 0 Å². The van der Waals surface area contributed by atoms with Crippen LogP contribution in [0.15, 0.2) is 65.8 Å². The molecule has 4 aromatic rings. The van der Waals surface area contributed by atoms with Gasteiger partial charge in [0.1, 0.15) is 5.69 Å². The summed E-state index contributed by atoms with van der Waals surface area (Å²) in [5.41, 5.74) is 2.57. The number of pyridine rings is 1. The third kappa shape index (κ3) is 2.53. The minimum atomic E-state index is 0.328. The van der Waals surface area contributed by atoms with Gasteiger partial charge >= 0.3 is 0 Å². The van der Waals surface area contributed by atoms with Gasteiger partial charge in [0.05, 0.1) is 18.0 Å². The van der Waals surface area contributed by atoms with Gasteiger partial charge in [-0.2, -0.15) is 10.2 Å². The molecule has 0 bridgehead atoms. The molecule has 0 saturated carbocycles. The number of hydrogen-bond donors (Lipinski definition) is 0. The molecule has 4 rings (SSSR count). The van der Waals surface area contributed by atoms with E-state index in [4.69, 9.17) is 4.52 Å². The fraction of sp³-hybridized carbons (Fsp3) is 0. The van der Waals surface area contributed by atoms with Gasteiger partial charge in [-0.1, -0.05) is 11.2 Å². The molecule has 7 nitrogen and oxygen atoms in total. The zero-order valence-corrected chi connectivity index (χ0v) is 12.4. The van der Waals surface area contributed by atoms with Crippen molar-refractivity contribution in [2.45, 2.75) is 0 Å². The fourth-order valence-electron chi connectivity index (χ4n) is 2.30. The Balaban J connectivity index is 1.78. The van der Waals surface area contributed by atoms with E-state index in [1.165, 1.54) is 0 Å². The second kappa shape index (κ2) is 5.78. The quantitative estimate of drug-likeness (QED) is 0.577. The Hall–Kier alpha value is -3.79. The van der Waals surface area contributed by atoms with Crippen LogP contribution in [0, 0.1) is 11.3 Å². The van der Waals surface area contributed by atoms with Crippen LogP contribution in [0.1, 0.15) is 5.56 Å². The minimum Gasteiger partial charge on any atom is -0.334 e. The average Bonchev–Trinajstić information content (AvgIpc) is 3.34. The van der Waals surface area contributed by atoms with E-state index >= 15 is 0 Å². The largest absolute Gasteiger partial charge is 0.334 e. The maximum atomic E-state index is 9.26. The summed E-state index contributed by atoms with van der Waals surface area (Å²) in [7, 11) is 0. The number of hydrogen-bond acceptors (Lipinski definition) is 6. The molecule has 0 saturated heterocycles. The van der Waals surface area contributed by atoms with E-state index < -0.39 is 0 Å². The van der Waals surface area contributed by atoms with Gasteiger partial charge in [-0.05, 0) is 30.3 Å². The van der Waals surface area contributed by atoms with Crippen LogP contribution in [0.4, 0.5) is 0 Å². The first kappa shape index (κ1) is 13.8. The molecule has 0 amide bonds. The predicted molar refractivity (Wildman–Crippen MR) is 84.8 cm³/mol. The molecule has 1 aromatic carbocycles. The molecule has 24 heavy (non-hydrogen) atoms. The lowest BCUT2D eigenvalue weighted by Crippen LogP contribution is -1.93. The van der Waals surface area contributed by atoms with Gasteiger partial charge in [0, 0.05) is 29.8 Å². The van der Waals surface area contributed by atoms with Crippen LogP contribution in [0.2, 0.25) is 0 Å². The molecule has 0 N–H and O–H groups in total. The van der Waals surface area contributed by atoms with Crippen molar-refractivity contribution in [1.82, 2.24) is 24.7 Å². The van der Waals surface area contributed by atoms with Crippen molar-refractivity contribution in [3.63, 3.8) is 0 Å². The number of rotatable bonds is 3. The van der Waals surface area contributed by atoms with Crippen LogP contribution < -0.4 is 0 Å². The minimum absolute atomic E-state index is 0.328. The summed E-state index contributed by atoms with van der Waals surface area (Å²) in [6.07, 6.45) is 6.80. The lowest BCUT2D eigenvalue weighted by Gasteiger charge is -2.04. The Kier molecular flexibility index (Phi) is 3.33. The third-order valence-corrected chi connectivity index (χ3v) is 3.42. The first-order chi connectivity index (χ1) is 11.8. The summed E-state index contributed by atoms with van der Waals surface area (Å²) in [4.78, 5) is 12.6. The second-order valence-corrected chi connectivity index (χ2v) is 4.99. The molecular weight excluding hydrogens is 304 g/mol. The van der Waals surface area contributed by atoms with E-state index in [2.05, 4.69) is 26.2 Å². The van der Waals surface area contributed by atoms with Gasteiger partial charge < -0.3 is 9.09 Å². The Morgan fingerprint density at radius 1 is 1.12 bits per heavy atom. The Morgan fingerprint density at radius 3 is 2.83 bits per heavy atom. The van der Waals surface area contributed by atoms with E-state index in [9.17, 15) is 5.26 Å². The summed E-state index contributed by atoms with van der Waals surface area (Å²) in [5.74, 6) is 0.728. The Labute approximate surface area is 136 Å². The number of nitriles is 1. The predicted octanol–water partition coefficient (Wildman–Crippen LogP) is 2.86. The maximum Gasteiger partial charge on any atom is 0.258 e. The molecule has 3 aromatic heterocycles. The number of aromatic nitrogens is 5. The summed E-state index contributed by atoms with van der Waals surface area (Å²) in [5, 5.41) is 13.2. The monoisotopic (exact) mass is 314 g/mol.